The molecule has 218 valence electrons. The predicted molar refractivity (Wildman–Crippen MR) is 166 cm³/mol. The number of hydrogen-bond donors (Lipinski definition) is 2. The van der Waals surface area contributed by atoms with Crippen molar-refractivity contribution >= 4 is 28.7 Å². The Morgan fingerprint density at radius 3 is 2.05 bits per heavy atom. The molecular formula is C32H45NO5SSi. The third-order valence-electron chi connectivity index (χ3n) is 7.08. The summed E-state index contributed by atoms with van der Waals surface area (Å²) in [6.45, 7) is 11.5. The molecule has 3 aromatic carbocycles. The zero-order valence-corrected chi connectivity index (χ0v) is 26.3. The zero-order chi connectivity index (χ0) is 29.2. The van der Waals surface area contributed by atoms with Crippen molar-refractivity contribution in [3.05, 3.63) is 84.4 Å². The summed E-state index contributed by atoms with van der Waals surface area (Å²) in [7, 11) is -6.30. The molecule has 8 heteroatoms. The van der Waals surface area contributed by atoms with E-state index in [1.165, 1.54) is 10.4 Å². The smallest absolute Gasteiger partial charge is 0.261 e. The number of sulfonamides is 1. The summed E-state index contributed by atoms with van der Waals surface area (Å²) < 4.78 is 41.4. The SMILES string of the molecule is Cc1ccc(S(=O)(=O)NCCCO)c(O[C@H](C)CCCCO[Si](c2ccccc2)(c2ccccc2)C(C)(C)C)c1. The van der Waals surface area contributed by atoms with Crippen molar-refractivity contribution in [1.82, 2.24) is 4.72 Å². The van der Waals surface area contributed by atoms with Crippen molar-refractivity contribution in [1.29, 1.82) is 0 Å². The number of benzene rings is 3. The van der Waals surface area contributed by atoms with Gasteiger partial charge in [0.15, 0.2) is 0 Å². The van der Waals surface area contributed by atoms with Crippen LogP contribution >= 0.6 is 0 Å². The van der Waals surface area contributed by atoms with Gasteiger partial charge in [-0.2, -0.15) is 0 Å². The summed E-state index contributed by atoms with van der Waals surface area (Å²) in [5, 5.41) is 11.5. The molecule has 0 fully saturated rings. The van der Waals surface area contributed by atoms with Crippen LogP contribution in [0.4, 0.5) is 0 Å². The Bertz CT molecular complexity index is 1250. The number of aliphatic hydroxyl groups is 1. The second-order valence-corrected chi connectivity index (χ2v) is 17.4. The van der Waals surface area contributed by atoms with E-state index in [9.17, 15) is 8.42 Å². The summed E-state index contributed by atoms with van der Waals surface area (Å²) in [6.07, 6.45) is 2.73. The average Bonchev–Trinajstić information content (AvgIpc) is 2.91. The highest BCUT2D eigenvalue weighted by molar-refractivity contribution is 7.89. The Hall–Kier alpha value is -2.49. The molecule has 3 aromatic rings. The Labute approximate surface area is 241 Å². The topological polar surface area (TPSA) is 84.9 Å². The minimum absolute atomic E-state index is 0.0651. The van der Waals surface area contributed by atoms with Crippen LogP contribution in [0.1, 0.15) is 58.9 Å². The van der Waals surface area contributed by atoms with E-state index in [0.29, 0.717) is 18.8 Å². The van der Waals surface area contributed by atoms with E-state index in [-0.39, 0.29) is 29.2 Å². The standard InChI is InChI=1S/C32H45NO5SSi/c1-26-20-21-31(39(35,36)33-22-14-23-34)30(25-26)38-27(2)15-12-13-24-37-40(32(3,4)5,28-16-8-6-9-17-28)29-18-10-7-11-19-29/h6-11,16-21,25,27,33-34H,12-15,22-24H2,1-5H3/t27-/m1/s1. The van der Waals surface area contributed by atoms with Gasteiger partial charge in [-0.1, -0.05) is 87.5 Å². The fraction of sp³-hybridized carbons (Fsp3) is 0.438. The molecule has 0 unspecified atom stereocenters. The van der Waals surface area contributed by atoms with Crippen LogP contribution in [0.25, 0.3) is 0 Å². The first-order valence-electron chi connectivity index (χ1n) is 14.1. The number of aliphatic hydroxyl groups excluding tert-OH is 1. The highest BCUT2D eigenvalue weighted by Crippen LogP contribution is 2.37. The van der Waals surface area contributed by atoms with Gasteiger partial charge in [0, 0.05) is 19.8 Å². The maximum atomic E-state index is 12.8. The Morgan fingerprint density at radius 2 is 1.50 bits per heavy atom. The lowest BCUT2D eigenvalue weighted by Gasteiger charge is -2.43. The molecule has 6 nitrogen and oxygen atoms in total. The molecule has 0 saturated heterocycles. The van der Waals surface area contributed by atoms with Crippen molar-refractivity contribution in [2.45, 2.75) is 76.3 Å². The number of hydrogen-bond acceptors (Lipinski definition) is 5. The molecule has 0 spiro atoms. The van der Waals surface area contributed by atoms with E-state index in [0.717, 1.165) is 24.8 Å². The molecule has 0 bridgehead atoms. The summed E-state index contributed by atoms with van der Waals surface area (Å²) in [4.78, 5) is 0.123. The third kappa shape index (κ3) is 8.04. The van der Waals surface area contributed by atoms with Gasteiger partial charge in [0.25, 0.3) is 8.32 Å². The summed E-state index contributed by atoms with van der Waals surface area (Å²) in [5.74, 6) is 0.354. The van der Waals surface area contributed by atoms with Crippen LogP contribution in [0.15, 0.2) is 83.8 Å². The van der Waals surface area contributed by atoms with Crippen molar-refractivity contribution in [2.75, 3.05) is 19.8 Å². The molecule has 0 saturated carbocycles. The maximum Gasteiger partial charge on any atom is 0.261 e. The molecule has 0 radical (unpaired) electrons. The van der Waals surface area contributed by atoms with Crippen LogP contribution in [0.2, 0.25) is 5.04 Å². The van der Waals surface area contributed by atoms with Crippen LogP contribution < -0.4 is 19.8 Å². The van der Waals surface area contributed by atoms with Crippen molar-refractivity contribution in [3.63, 3.8) is 0 Å². The van der Waals surface area contributed by atoms with Crippen LogP contribution in [0.5, 0.6) is 5.75 Å². The lowest BCUT2D eigenvalue weighted by atomic mass is 10.2. The number of rotatable bonds is 15. The molecule has 0 aliphatic heterocycles. The van der Waals surface area contributed by atoms with Crippen molar-refractivity contribution in [2.24, 2.45) is 0 Å². The minimum atomic E-state index is -3.74. The summed E-state index contributed by atoms with van der Waals surface area (Å²) in [6, 6.07) is 26.4. The van der Waals surface area contributed by atoms with Gasteiger partial charge in [-0.25, -0.2) is 13.1 Å². The number of unbranched alkanes of at least 4 members (excludes halogenated alkanes) is 1. The van der Waals surface area contributed by atoms with Crippen LogP contribution in [0, 0.1) is 6.92 Å². The Kier molecular flexibility index (Phi) is 11.5. The molecule has 3 rings (SSSR count). The molecule has 0 heterocycles. The number of aryl methyl sites for hydroxylation is 1. The van der Waals surface area contributed by atoms with Crippen LogP contribution in [0.3, 0.4) is 0 Å². The van der Waals surface area contributed by atoms with Gasteiger partial charge in [-0.15, -0.1) is 0 Å². The normalized spacial score (nSPS) is 13.2. The first-order valence-corrected chi connectivity index (χ1v) is 17.5. The molecule has 1 atom stereocenters. The van der Waals surface area contributed by atoms with Crippen molar-refractivity contribution in [3.8, 4) is 5.75 Å². The van der Waals surface area contributed by atoms with E-state index in [2.05, 4.69) is 74.0 Å². The summed E-state index contributed by atoms with van der Waals surface area (Å²) >= 11 is 0. The van der Waals surface area contributed by atoms with Gasteiger partial charge in [0.2, 0.25) is 10.0 Å². The molecule has 2 N–H and O–H groups in total. The fourth-order valence-electron chi connectivity index (χ4n) is 5.09. The highest BCUT2D eigenvalue weighted by atomic mass is 32.2. The van der Waals surface area contributed by atoms with E-state index in [4.69, 9.17) is 14.3 Å². The van der Waals surface area contributed by atoms with E-state index in [1.807, 2.05) is 26.0 Å². The van der Waals surface area contributed by atoms with Gasteiger partial charge in [0.1, 0.15) is 10.6 Å². The van der Waals surface area contributed by atoms with Gasteiger partial charge in [-0.05, 0) is 72.6 Å². The van der Waals surface area contributed by atoms with Gasteiger partial charge < -0.3 is 14.3 Å². The van der Waals surface area contributed by atoms with E-state index in [1.54, 1.807) is 18.2 Å². The lowest BCUT2D eigenvalue weighted by Crippen LogP contribution is -2.66. The van der Waals surface area contributed by atoms with Gasteiger partial charge >= 0.3 is 0 Å². The highest BCUT2D eigenvalue weighted by Gasteiger charge is 2.49. The van der Waals surface area contributed by atoms with Crippen LogP contribution in [-0.4, -0.2) is 47.7 Å². The lowest BCUT2D eigenvalue weighted by molar-refractivity contribution is 0.195. The molecular weight excluding hydrogens is 539 g/mol. The largest absolute Gasteiger partial charge is 0.489 e. The summed E-state index contributed by atoms with van der Waals surface area (Å²) in [5.41, 5.74) is 0.926. The number of ether oxygens (including phenoxy) is 1. The number of nitrogens with one attached hydrogen (secondary N) is 1. The predicted octanol–water partition coefficient (Wildman–Crippen LogP) is 5.17. The third-order valence-corrected chi connectivity index (χ3v) is 13.6. The molecule has 0 amide bonds. The second-order valence-electron chi connectivity index (χ2n) is 11.4. The van der Waals surface area contributed by atoms with E-state index < -0.39 is 18.3 Å². The monoisotopic (exact) mass is 583 g/mol. The van der Waals surface area contributed by atoms with Crippen molar-refractivity contribution < 1.29 is 22.7 Å². The first kappa shape index (κ1) is 32.0. The minimum Gasteiger partial charge on any atom is -0.489 e. The second kappa shape index (κ2) is 14.4. The molecule has 0 aromatic heterocycles. The zero-order valence-electron chi connectivity index (χ0n) is 24.5. The average molecular weight is 584 g/mol. The quantitative estimate of drug-likeness (QED) is 0.191. The molecule has 0 aliphatic rings. The van der Waals surface area contributed by atoms with Gasteiger partial charge in [-0.3, -0.25) is 0 Å². The van der Waals surface area contributed by atoms with Gasteiger partial charge in [0.05, 0.1) is 6.10 Å². The molecule has 40 heavy (non-hydrogen) atoms. The maximum absolute atomic E-state index is 12.8. The fourth-order valence-corrected chi connectivity index (χ4v) is 10.9. The Morgan fingerprint density at radius 1 is 0.900 bits per heavy atom. The Balaban J connectivity index is 1.66. The van der Waals surface area contributed by atoms with Crippen LogP contribution in [-0.2, 0) is 14.4 Å². The first-order chi connectivity index (χ1) is 19.0. The van der Waals surface area contributed by atoms with E-state index >= 15 is 0 Å². The molecule has 0 aliphatic carbocycles.